The summed E-state index contributed by atoms with van der Waals surface area (Å²) < 4.78 is 28.7. The maximum absolute atomic E-state index is 13.7. The Hall–Kier alpha value is -3.00. The van der Waals surface area contributed by atoms with Crippen LogP contribution in [0.5, 0.6) is 0 Å². The smallest absolute Gasteiger partial charge is 0.243 e. The van der Waals surface area contributed by atoms with Gasteiger partial charge in [-0.05, 0) is 45.8 Å². The topological polar surface area (TPSA) is 57.7 Å². The van der Waals surface area contributed by atoms with Crippen molar-refractivity contribution in [3.8, 4) is 0 Å². The van der Waals surface area contributed by atoms with Crippen LogP contribution in [0.1, 0.15) is 24.3 Å². The standard InChI is InChI=1S/C28H30N2O3S2/c1-22(2)18-30(35(32,33)27-15-14-24-11-6-7-12-25(24)17-27)21-28(31)29(20-26-13-8-16-34-26)19-23-9-4-3-5-10-23/h3-17,22H,18-21H2,1-2H3. The van der Waals surface area contributed by atoms with E-state index in [2.05, 4.69) is 0 Å². The van der Waals surface area contributed by atoms with Crippen molar-refractivity contribution in [3.05, 3.63) is 101 Å². The van der Waals surface area contributed by atoms with Gasteiger partial charge < -0.3 is 4.90 Å². The molecule has 0 saturated carbocycles. The number of amides is 1. The molecule has 0 radical (unpaired) electrons. The zero-order chi connectivity index (χ0) is 24.8. The van der Waals surface area contributed by atoms with E-state index in [1.807, 2.05) is 92.0 Å². The predicted molar refractivity (Wildman–Crippen MR) is 143 cm³/mol. The van der Waals surface area contributed by atoms with Crippen molar-refractivity contribution < 1.29 is 13.2 Å². The summed E-state index contributed by atoms with van der Waals surface area (Å²) in [5.41, 5.74) is 1.00. The second kappa shape index (κ2) is 11.2. The molecule has 0 bridgehead atoms. The molecule has 182 valence electrons. The van der Waals surface area contributed by atoms with Crippen molar-refractivity contribution in [1.82, 2.24) is 9.21 Å². The van der Waals surface area contributed by atoms with Gasteiger partial charge in [0.15, 0.2) is 0 Å². The molecule has 0 atom stereocenters. The van der Waals surface area contributed by atoms with E-state index in [4.69, 9.17) is 0 Å². The minimum atomic E-state index is -3.86. The zero-order valence-electron chi connectivity index (χ0n) is 20.0. The molecular weight excluding hydrogens is 476 g/mol. The zero-order valence-corrected chi connectivity index (χ0v) is 21.6. The molecule has 4 aromatic rings. The van der Waals surface area contributed by atoms with Crippen LogP contribution in [0.15, 0.2) is 95.2 Å². The summed E-state index contributed by atoms with van der Waals surface area (Å²) in [6.07, 6.45) is 0. The number of thiophene rings is 1. The number of benzene rings is 3. The van der Waals surface area contributed by atoms with Crippen molar-refractivity contribution in [1.29, 1.82) is 0 Å². The van der Waals surface area contributed by atoms with Gasteiger partial charge in [0.2, 0.25) is 15.9 Å². The van der Waals surface area contributed by atoms with Crippen LogP contribution in [0.4, 0.5) is 0 Å². The highest BCUT2D eigenvalue weighted by Crippen LogP contribution is 2.23. The molecule has 1 amide bonds. The first-order chi connectivity index (χ1) is 16.8. The number of fused-ring (bicyclic) bond motifs is 1. The van der Waals surface area contributed by atoms with Crippen LogP contribution >= 0.6 is 11.3 Å². The van der Waals surface area contributed by atoms with Crippen LogP contribution in [0.25, 0.3) is 10.8 Å². The van der Waals surface area contributed by atoms with Crippen LogP contribution in [-0.2, 0) is 27.9 Å². The van der Waals surface area contributed by atoms with Gasteiger partial charge in [-0.25, -0.2) is 8.42 Å². The number of carbonyl (C=O) groups is 1. The largest absolute Gasteiger partial charge is 0.332 e. The Morgan fingerprint density at radius 3 is 2.26 bits per heavy atom. The SMILES string of the molecule is CC(C)CN(CC(=O)N(Cc1ccccc1)Cc1cccs1)S(=O)(=O)c1ccc2ccccc2c1. The fourth-order valence-electron chi connectivity index (χ4n) is 4.01. The average molecular weight is 507 g/mol. The predicted octanol–water partition coefficient (Wildman–Crippen LogP) is 5.78. The van der Waals surface area contributed by atoms with Crippen LogP contribution < -0.4 is 0 Å². The maximum atomic E-state index is 13.7. The first kappa shape index (κ1) is 25.1. The second-order valence-electron chi connectivity index (χ2n) is 9.02. The van der Waals surface area contributed by atoms with Crippen molar-refractivity contribution in [2.24, 2.45) is 5.92 Å². The Morgan fingerprint density at radius 1 is 0.857 bits per heavy atom. The molecule has 7 heteroatoms. The number of sulfonamides is 1. The number of hydrogen-bond acceptors (Lipinski definition) is 4. The fourth-order valence-corrected chi connectivity index (χ4v) is 6.32. The monoisotopic (exact) mass is 506 g/mol. The van der Waals surface area contributed by atoms with E-state index < -0.39 is 10.0 Å². The van der Waals surface area contributed by atoms with Gasteiger partial charge in [-0.15, -0.1) is 11.3 Å². The van der Waals surface area contributed by atoms with Crippen molar-refractivity contribution in [2.45, 2.75) is 31.8 Å². The van der Waals surface area contributed by atoms with E-state index in [9.17, 15) is 13.2 Å². The van der Waals surface area contributed by atoms with Gasteiger partial charge >= 0.3 is 0 Å². The van der Waals surface area contributed by atoms with E-state index in [1.165, 1.54) is 4.31 Å². The highest BCUT2D eigenvalue weighted by Gasteiger charge is 2.29. The van der Waals surface area contributed by atoms with Gasteiger partial charge in [0.05, 0.1) is 18.0 Å². The van der Waals surface area contributed by atoms with Gasteiger partial charge in [0, 0.05) is 18.0 Å². The molecule has 0 aliphatic heterocycles. The van der Waals surface area contributed by atoms with E-state index in [0.29, 0.717) is 13.1 Å². The number of hydrogen-bond donors (Lipinski definition) is 0. The molecule has 3 aromatic carbocycles. The molecule has 0 spiro atoms. The molecule has 1 heterocycles. The lowest BCUT2D eigenvalue weighted by molar-refractivity contribution is -0.132. The van der Waals surface area contributed by atoms with Crippen LogP contribution in [0.3, 0.4) is 0 Å². The minimum Gasteiger partial charge on any atom is -0.332 e. The highest BCUT2D eigenvalue weighted by molar-refractivity contribution is 7.89. The maximum Gasteiger partial charge on any atom is 0.243 e. The van der Waals surface area contributed by atoms with Gasteiger partial charge in [0.25, 0.3) is 0 Å². The lowest BCUT2D eigenvalue weighted by atomic mass is 10.1. The Balaban J connectivity index is 1.62. The minimum absolute atomic E-state index is 0.0675. The van der Waals surface area contributed by atoms with Crippen molar-refractivity contribution in [2.75, 3.05) is 13.1 Å². The van der Waals surface area contributed by atoms with E-state index in [1.54, 1.807) is 28.4 Å². The third-order valence-electron chi connectivity index (χ3n) is 5.73. The van der Waals surface area contributed by atoms with E-state index in [-0.39, 0.29) is 29.8 Å². The van der Waals surface area contributed by atoms with E-state index >= 15 is 0 Å². The fraction of sp³-hybridized carbons (Fsp3) is 0.250. The second-order valence-corrected chi connectivity index (χ2v) is 12.0. The number of rotatable bonds is 10. The van der Waals surface area contributed by atoms with Gasteiger partial charge in [-0.1, -0.05) is 80.6 Å². The summed E-state index contributed by atoms with van der Waals surface area (Å²) in [7, 11) is -3.86. The molecule has 0 saturated heterocycles. The van der Waals surface area contributed by atoms with Crippen LogP contribution in [-0.4, -0.2) is 36.6 Å². The summed E-state index contributed by atoms with van der Waals surface area (Å²) in [4.78, 5) is 16.6. The molecular formula is C28H30N2O3S2. The summed E-state index contributed by atoms with van der Waals surface area (Å²) in [6.45, 7) is 4.84. The Bertz CT molecular complexity index is 1370. The quantitative estimate of drug-likeness (QED) is 0.274. The molecule has 5 nitrogen and oxygen atoms in total. The summed E-state index contributed by atoms with van der Waals surface area (Å²) >= 11 is 1.59. The lowest BCUT2D eigenvalue weighted by Gasteiger charge is -2.28. The molecule has 35 heavy (non-hydrogen) atoms. The third kappa shape index (κ3) is 6.36. The number of carbonyl (C=O) groups excluding carboxylic acids is 1. The summed E-state index contributed by atoms with van der Waals surface area (Å²) in [5, 5.41) is 3.81. The Morgan fingerprint density at radius 2 is 1.57 bits per heavy atom. The lowest BCUT2D eigenvalue weighted by Crippen LogP contribution is -2.43. The molecule has 0 unspecified atom stereocenters. The molecule has 0 fully saturated rings. The molecule has 0 aliphatic rings. The first-order valence-corrected chi connectivity index (χ1v) is 14.0. The summed E-state index contributed by atoms with van der Waals surface area (Å²) in [6, 6.07) is 26.5. The Kier molecular flexibility index (Phi) is 8.00. The van der Waals surface area contributed by atoms with Crippen LogP contribution in [0.2, 0.25) is 0 Å². The van der Waals surface area contributed by atoms with Gasteiger partial charge in [0.1, 0.15) is 0 Å². The average Bonchev–Trinajstić information content (AvgIpc) is 3.36. The summed E-state index contributed by atoms with van der Waals surface area (Å²) in [5.74, 6) is -0.148. The molecule has 0 N–H and O–H groups in total. The molecule has 0 aliphatic carbocycles. The number of nitrogens with zero attached hydrogens (tertiary/aromatic N) is 2. The Labute approximate surface area is 211 Å². The van der Waals surface area contributed by atoms with Gasteiger partial charge in [-0.3, -0.25) is 4.79 Å². The van der Waals surface area contributed by atoms with Crippen molar-refractivity contribution >= 4 is 38.0 Å². The normalized spacial score (nSPS) is 11.9. The third-order valence-corrected chi connectivity index (χ3v) is 8.40. The molecule has 1 aromatic heterocycles. The van der Waals surface area contributed by atoms with Gasteiger partial charge in [-0.2, -0.15) is 4.31 Å². The first-order valence-electron chi connectivity index (χ1n) is 11.7. The van der Waals surface area contributed by atoms with Crippen molar-refractivity contribution in [3.63, 3.8) is 0 Å². The van der Waals surface area contributed by atoms with Crippen LogP contribution in [0, 0.1) is 5.92 Å². The highest BCUT2D eigenvalue weighted by atomic mass is 32.2. The molecule has 4 rings (SSSR count). The van der Waals surface area contributed by atoms with E-state index in [0.717, 1.165) is 21.2 Å².